The smallest absolute Gasteiger partial charge is 0.320 e. The predicted molar refractivity (Wildman–Crippen MR) is 59.8 cm³/mol. The van der Waals surface area contributed by atoms with E-state index in [0.29, 0.717) is 19.2 Å². The molecule has 1 heterocycles. The van der Waals surface area contributed by atoms with E-state index in [-0.39, 0.29) is 5.97 Å². The highest BCUT2D eigenvalue weighted by Crippen LogP contribution is 2.07. The summed E-state index contributed by atoms with van der Waals surface area (Å²) in [7, 11) is 1.97. The number of hydrogen-bond acceptors (Lipinski definition) is 4. The van der Waals surface area contributed by atoms with Gasteiger partial charge < -0.3 is 10.1 Å². The summed E-state index contributed by atoms with van der Waals surface area (Å²) in [6.45, 7) is 4.73. The molecule has 1 aliphatic heterocycles. The van der Waals surface area contributed by atoms with Crippen LogP contribution in [-0.2, 0) is 9.53 Å². The van der Waals surface area contributed by atoms with Crippen molar-refractivity contribution >= 4 is 5.97 Å². The standard InChI is InChI=1S/C11H22N2O2/c1-3-15-11(14)9-13(2)8-10-6-4-5-7-12-10/h10,12H,3-9H2,1-2H3. The molecule has 1 aliphatic rings. The van der Waals surface area contributed by atoms with Crippen LogP contribution in [0.5, 0.6) is 0 Å². The second-order valence-electron chi connectivity index (χ2n) is 4.15. The summed E-state index contributed by atoms with van der Waals surface area (Å²) in [4.78, 5) is 13.2. The normalized spacial score (nSPS) is 21.7. The summed E-state index contributed by atoms with van der Waals surface area (Å²) < 4.78 is 4.90. The van der Waals surface area contributed by atoms with E-state index in [1.807, 2.05) is 18.9 Å². The Morgan fingerprint density at radius 1 is 1.53 bits per heavy atom. The van der Waals surface area contributed by atoms with E-state index in [1.54, 1.807) is 0 Å². The van der Waals surface area contributed by atoms with Crippen molar-refractivity contribution in [2.24, 2.45) is 0 Å². The van der Waals surface area contributed by atoms with Gasteiger partial charge >= 0.3 is 5.97 Å². The molecule has 0 aliphatic carbocycles. The number of rotatable bonds is 5. The SMILES string of the molecule is CCOC(=O)CN(C)CC1CCCCN1. The van der Waals surface area contributed by atoms with Gasteiger partial charge in [0.2, 0.25) is 0 Å². The van der Waals surface area contributed by atoms with E-state index < -0.39 is 0 Å². The fourth-order valence-electron chi connectivity index (χ4n) is 1.95. The molecule has 0 spiro atoms. The van der Waals surface area contributed by atoms with Gasteiger partial charge in [-0.25, -0.2) is 0 Å². The Morgan fingerprint density at radius 3 is 2.93 bits per heavy atom. The number of likely N-dealkylation sites (N-methyl/N-ethyl adjacent to an activating group) is 1. The lowest BCUT2D eigenvalue weighted by Crippen LogP contribution is -2.43. The Kier molecular flexibility index (Phi) is 5.65. The van der Waals surface area contributed by atoms with Crippen molar-refractivity contribution in [3.8, 4) is 0 Å². The lowest BCUT2D eigenvalue weighted by Gasteiger charge is -2.27. The van der Waals surface area contributed by atoms with Gasteiger partial charge in [-0.3, -0.25) is 9.69 Å². The van der Waals surface area contributed by atoms with Crippen LogP contribution in [0.15, 0.2) is 0 Å². The topological polar surface area (TPSA) is 41.6 Å². The summed E-state index contributed by atoms with van der Waals surface area (Å²) in [5, 5.41) is 3.46. The minimum atomic E-state index is -0.129. The molecule has 0 aromatic carbocycles. The number of nitrogens with zero attached hydrogens (tertiary/aromatic N) is 1. The minimum Gasteiger partial charge on any atom is -0.465 e. The van der Waals surface area contributed by atoms with Crippen molar-refractivity contribution in [3.63, 3.8) is 0 Å². The molecule has 1 unspecified atom stereocenters. The van der Waals surface area contributed by atoms with Crippen LogP contribution in [0.3, 0.4) is 0 Å². The van der Waals surface area contributed by atoms with Crippen LogP contribution in [0.1, 0.15) is 26.2 Å². The predicted octanol–water partition coefficient (Wildman–Crippen LogP) is 0.623. The van der Waals surface area contributed by atoms with Crippen LogP contribution < -0.4 is 5.32 Å². The van der Waals surface area contributed by atoms with E-state index >= 15 is 0 Å². The molecule has 1 N–H and O–H groups in total. The van der Waals surface area contributed by atoms with Gasteiger partial charge in [-0.1, -0.05) is 6.42 Å². The number of hydrogen-bond donors (Lipinski definition) is 1. The molecule has 15 heavy (non-hydrogen) atoms. The number of esters is 1. The van der Waals surface area contributed by atoms with E-state index in [4.69, 9.17) is 4.74 Å². The largest absolute Gasteiger partial charge is 0.465 e. The molecule has 0 aromatic rings. The zero-order chi connectivity index (χ0) is 11.1. The Morgan fingerprint density at radius 2 is 2.33 bits per heavy atom. The maximum absolute atomic E-state index is 11.2. The molecular weight excluding hydrogens is 192 g/mol. The third-order valence-corrected chi connectivity index (χ3v) is 2.65. The fraction of sp³-hybridized carbons (Fsp3) is 0.909. The van der Waals surface area contributed by atoms with Crippen LogP contribution in [0.2, 0.25) is 0 Å². The summed E-state index contributed by atoms with van der Waals surface area (Å²) in [6, 6.07) is 0.540. The van der Waals surface area contributed by atoms with Crippen LogP contribution in [0.4, 0.5) is 0 Å². The van der Waals surface area contributed by atoms with Gasteiger partial charge in [-0.15, -0.1) is 0 Å². The number of ether oxygens (including phenoxy) is 1. The fourth-order valence-corrected chi connectivity index (χ4v) is 1.95. The quantitative estimate of drug-likeness (QED) is 0.681. The van der Waals surface area contributed by atoms with Gasteiger partial charge in [0.15, 0.2) is 0 Å². The first-order chi connectivity index (χ1) is 7.22. The molecule has 1 fully saturated rings. The zero-order valence-corrected chi connectivity index (χ0v) is 9.79. The van der Waals surface area contributed by atoms with Gasteiger partial charge in [-0.2, -0.15) is 0 Å². The molecule has 4 nitrogen and oxygen atoms in total. The van der Waals surface area contributed by atoms with Crippen LogP contribution in [0.25, 0.3) is 0 Å². The molecule has 0 aromatic heterocycles. The van der Waals surface area contributed by atoms with E-state index in [9.17, 15) is 4.79 Å². The third-order valence-electron chi connectivity index (χ3n) is 2.65. The highest BCUT2D eigenvalue weighted by Gasteiger charge is 2.16. The highest BCUT2D eigenvalue weighted by molar-refractivity contribution is 5.71. The van der Waals surface area contributed by atoms with Gasteiger partial charge in [0.05, 0.1) is 13.2 Å². The Labute approximate surface area is 92.0 Å². The maximum Gasteiger partial charge on any atom is 0.320 e. The molecule has 4 heteroatoms. The Bertz CT molecular complexity index is 191. The molecular formula is C11H22N2O2. The highest BCUT2D eigenvalue weighted by atomic mass is 16.5. The van der Waals surface area contributed by atoms with Crippen molar-refractivity contribution in [1.82, 2.24) is 10.2 Å². The first-order valence-corrected chi connectivity index (χ1v) is 5.80. The zero-order valence-electron chi connectivity index (χ0n) is 9.79. The van der Waals surface area contributed by atoms with Gasteiger partial charge in [0, 0.05) is 12.6 Å². The summed E-state index contributed by atoms with van der Waals surface area (Å²) in [6.07, 6.45) is 3.79. The molecule has 0 radical (unpaired) electrons. The van der Waals surface area contributed by atoms with E-state index in [1.165, 1.54) is 19.3 Å². The van der Waals surface area contributed by atoms with Crippen molar-refractivity contribution in [1.29, 1.82) is 0 Å². The van der Waals surface area contributed by atoms with Crippen LogP contribution in [0, 0.1) is 0 Å². The van der Waals surface area contributed by atoms with Crippen LogP contribution >= 0.6 is 0 Å². The number of nitrogens with one attached hydrogen (secondary N) is 1. The maximum atomic E-state index is 11.2. The lowest BCUT2D eigenvalue weighted by molar-refractivity contribution is -0.144. The lowest BCUT2D eigenvalue weighted by atomic mass is 10.0. The van der Waals surface area contributed by atoms with Crippen molar-refractivity contribution in [2.45, 2.75) is 32.2 Å². The second kappa shape index (κ2) is 6.80. The summed E-state index contributed by atoms with van der Waals surface area (Å²) in [5.41, 5.74) is 0. The van der Waals surface area contributed by atoms with Gasteiger partial charge in [0.1, 0.15) is 0 Å². The summed E-state index contributed by atoms with van der Waals surface area (Å²) in [5.74, 6) is -0.129. The Balaban J connectivity index is 2.16. The van der Waals surface area contributed by atoms with Gasteiger partial charge in [-0.05, 0) is 33.4 Å². The van der Waals surface area contributed by atoms with Crippen LogP contribution in [-0.4, -0.2) is 50.2 Å². The minimum absolute atomic E-state index is 0.129. The number of carbonyl (C=O) groups excluding carboxylic acids is 1. The first kappa shape index (κ1) is 12.5. The molecule has 0 bridgehead atoms. The van der Waals surface area contributed by atoms with E-state index in [2.05, 4.69) is 5.32 Å². The van der Waals surface area contributed by atoms with Crippen molar-refractivity contribution in [2.75, 3.05) is 33.3 Å². The molecule has 1 saturated heterocycles. The molecule has 88 valence electrons. The molecule has 1 rings (SSSR count). The third kappa shape index (κ3) is 5.14. The van der Waals surface area contributed by atoms with Gasteiger partial charge in [0.25, 0.3) is 0 Å². The average Bonchev–Trinajstić information content (AvgIpc) is 2.19. The van der Waals surface area contributed by atoms with E-state index in [0.717, 1.165) is 13.1 Å². The van der Waals surface area contributed by atoms with Crippen molar-refractivity contribution in [3.05, 3.63) is 0 Å². The average molecular weight is 214 g/mol. The van der Waals surface area contributed by atoms with Crippen molar-refractivity contribution < 1.29 is 9.53 Å². The second-order valence-corrected chi connectivity index (χ2v) is 4.15. The molecule has 0 amide bonds. The Hall–Kier alpha value is -0.610. The molecule has 0 saturated carbocycles. The monoisotopic (exact) mass is 214 g/mol. The number of piperidine rings is 1. The molecule has 1 atom stereocenters. The number of carbonyl (C=O) groups is 1. The first-order valence-electron chi connectivity index (χ1n) is 5.80. The summed E-state index contributed by atoms with van der Waals surface area (Å²) >= 11 is 0.